The Kier molecular flexibility index (Phi) is 14.7. The van der Waals surface area contributed by atoms with Crippen molar-refractivity contribution in [2.24, 2.45) is 5.73 Å². The van der Waals surface area contributed by atoms with Crippen molar-refractivity contribution in [1.29, 1.82) is 0 Å². The molecule has 0 radical (unpaired) electrons. The summed E-state index contributed by atoms with van der Waals surface area (Å²) in [6.07, 6.45) is 19.8. The van der Waals surface area contributed by atoms with Crippen molar-refractivity contribution in [3.8, 4) is 0 Å². The van der Waals surface area contributed by atoms with Crippen LogP contribution < -0.4 is 5.73 Å². The van der Waals surface area contributed by atoms with Crippen LogP contribution >= 0.6 is 11.8 Å². The molecule has 1 heterocycles. The molecule has 1 aliphatic rings. The van der Waals surface area contributed by atoms with Gasteiger partial charge >= 0.3 is 0 Å². The lowest BCUT2D eigenvalue weighted by Crippen LogP contribution is -2.47. The second kappa shape index (κ2) is 15.9. The highest BCUT2D eigenvalue weighted by molar-refractivity contribution is 8.03. The number of unbranched alkanes of at least 4 members (excludes halogenated alkanes) is 7. The van der Waals surface area contributed by atoms with E-state index in [1.165, 1.54) is 25.7 Å². The SMILES string of the molecule is CC1SC(O[Si](C)(C)C(C)(C)C)=C(C=CCCC=CCCCCCCCCC(N)=O)N1O[Si](C)(C)C(C)(C)C. The zero-order chi connectivity index (χ0) is 29.9. The van der Waals surface area contributed by atoms with Crippen molar-refractivity contribution in [1.82, 2.24) is 5.06 Å². The molecule has 1 aliphatic heterocycles. The Morgan fingerprint density at radius 2 is 1.36 bits per heavy atom. The molecule has 1 rings (SSSR count). The van der Waals surface area contributed by atoms with Gasteiger partial charge in [0.2, 0.25) is 14.2 Å². The van der Waals surface area contributed by atoms with Gasteiger partial charge < -0.3 is 14.7 Å². The van der Waals surface area contributed by atoms with E-state index in [0.29, 0.717) is 6.42 Å². The minimum absolute atomic E-state index is 0.130. The lowest BCUT2D eigenvalue weighted by Gasteiger charge is -2.40. The monoisotopic (exact) mass is 596 g/mol. The van der Waals surface area contributed by atoms with Crippen LogP contribution in [0, 0.1) is 0 Å². The van der Waals surface area contributed by atoms with Crippen LogP contribution in [0.1, 0.15) is 113 Å². The Balaban J connectivity index is 2.73. The topological polar surface area (TPSA) is 64.8 Å². The molecule has 1 atom stereocenters. The number of nitrogens with zero attached hydrogens (tertiary/aromatic N) is 1. The molecule has 226 valence electrons. The van der Waals surface area contributed by atoms with E-state index in [4.69, 9.17) is 14.7 Å². The first-order chi connectivity index (χ1) is 17.9. The number of hydrogen-bond donors (Lipinski definition) is 1. The number of rotatable bonds is 17. The van der Waals surface area contributed by atoms with E-state index in [9.17, 15) is 4.79 Å². The van der Waals surface area contributed by atoms with E-state index < -0.39 is 16.6 Å². The highest BCUT2D eigenvalue weighted by Gasteiger charge is 2.45. The molecule has 1 amide bonds. The van der Waals surface area contributed by atoms with E-state index in [-0.39, 0.29) is 21.4 Å². The molecule has 8 heteroatoms. The number of thioether (sulfide) groups is 1. The van der Waals surface area contributed by atoms with Crippen LogP contribution in [0.15, 0.2) is 35.1 Å². The van der Waals surface area contributed by atoms with Crippen LogP contribution in [-0.4, -0.2) is 33.0 Å². The molecule has 0 saturated heterocycles. The maximum Gasteiger partial charge on any atom is 0.251 e. The standard InChI is InChI=1S/C31H60N2O3SSi2/c1-26-33(36-39(10,11)31(5,6)7)27(29(37-26)35-38(8,9)30(2,3)4)24-22-20-18-16-14-12-13-15-17-19-21-23-25-28(32)34/h14,16,22,24,26H,12-13,15,17-21,23,25H2,1-11H3,(H2,32,34). The van der Waals surface area contributed by atoms with Gasteiger partial charge in [-0.05, 0) is 81.4 Å². The van der Waals surface area contributed by atoms with Crippen LogP contribution in [0.25, 0.3) is 0 Å². The fourth-order valence-electron chi connectivity index (χ4n) is 3.55. The Hall–Kier alpha value is -0.966. The van der Waals surface area contributed by atoms with Crippen LogP contribution in [0.3, 0.4) is 0 Å². The number of hydroxylamine groups is 2. The lowest BCUT2D eigenvalue weighted by atomic mass is 10.1. The third kappa shape index (κ3) is 12.6. The van der Waals surface area contributed by atoms with Gasteiger partial charge in [-0.2, -0.15) is 0 Å². The number of carbonyl (C=O) groups is 1. The summed E-state index contributed by atoms with van der Waals surface area (Å²) in [7, 11) is -3.97. The average Bonchev–Trinajstić information content (AvgIpc) is 3.05. The van der Waals surface area contributed by atoms with E-state index in [1.807, 2.05) is 0 Å². The molecule has 5 nitrogen and oxygen atoms in total. The second-order valence-electron chi connectivity index (χ2n) is 14.0. The van der Waals surface area contributed by atoms with E-state index >= 15 is 0 Å². The molecule has 0 aromatic rings. The third-order valence-electron chi connectivity index (χ3n) is 8.33. The molecule has 0 fully saturated rings. The first-order valence-electron chi connectivity index (χ1n) is 15.1. The maximum absolute atomic E-state index is 10.8. The van der Waals surface area contributed by atoms with Gasteiger partial charge in [0, 0.05) is 6.42 Å². The first kappa shape index (κ1) is 36.1. The Morgan fingerprint density at radius 1 is 0.846 bits per heavy atom. The summed E-state index contributed by atoms with van der Waals surface area (Å²) in [5.41, 5.74) is 6.27. The van der Waals surface area contributed by atoms with Crippen molar-refractivity contribution in [3.63, 3.8) is 0 Å². The van der Waals surface area contributed by atoms with Crippen molar-refractivity contribution in [2.45, 2.75) is 154 Å². The predicted molar refractivity (Wildman–Crippen MR) is 176 cm³/mol. The quantitative estimate of drug-likeness (QED) is 0.103. The van der Waals surface area contributed by atoms with Gasteiger partial charge in [-0.25, -0.2) is 5.06 Å². The molecule has 0 bridgehead atoms. The first-order valence-corrected chi connectivity index (χ1v) is 21.8. The molecule has 0 aliphatic carbocycles. The highest BCUT2D eigenvalue weighted by Crippen LogP contribution is 2.47. The van der Waals surface area contributed by atoms with E-state index in [0.717, 1.165) is 42.9 Å². The van der Waals surface area contributed by atoms with Crippen LogP contribution in [0.5, 0.6) is 0 Å². The summed E-state index contributed by atoms with van der Waals surface area (Å²) < 4.78 is 13.7. The summed E-state index contributed by atoms with van der Waals surface area (Å²) in [5.74, 6) is -0.180. The van der Waals surface area contributed by atoms with Crippen molar-refractivity contribution >= 4 is 34.3 Å². The number of carbonyl (C=O) groups excluding carboxylic acids is 1. The lowest BCUT2D eigenvalue weighted by molar-refractivity contribution is -0.118. The number of amides is 1. The van der Waals surface area contributed by atoms with Crippen LogP contribution in [0.4, 0.5) is 0 Å². The second-order valence-corrected chi connectivity index (χ2v) is 24.7. The Labute approximate surface area is 247 Å². The minimum Gasteiger partial charge on any atom is -0.538 e. The molecule has 0 aromatic carbocycles. The average molecular weight is 597 g/mol. The predicted octanol–water partition coefficient (Wildman–Crippen LogP) is 10.0. The molecule has 0 aromatic heterocycles. The van der Waals surface area contributed by atoms with Crippen molar-refractivity contribution in [2.75, 3.05) is 0 Å². The van der Waals surface area contributed by atoms with E-state index in [1.54, 1.807) is 11.8 Å². The van der Waals surface area contributed by atoms with Gasteiger partial charge in [-0.15, -0.1) is 0 Å². The molecule has 2 N–H and O–H groups in total. The molecule has 1 unspecified atom stereocenters. The van der Waals surface area contributed by atoms with Gasteiger partial charge in [0.1, 0.15) is 11.1 Å². The summed E-state index contributed by atoms with van der Waals surface area (Å²) >= 11 is 1.79. The van der Waals surface area contributed by atoms with Crippen LogP contribution in [-0.2, 0) is 13.7 Å². The molecule has 0 spiro atoms. The van der Waals surface area contributed by atoms with Gasteiger partial charge in [0.05, 0.1) is 0 Å². The molecule has 39 heavy (non-hydrogen) atoms. The number of hydrogen-bond acceptors (Lipinski definition) is 5. The molecule has 0 saturated carbocycles. The highest BCUT2D eigenvalue weighted by atomic mass is 32.2. The van der Waals surface area contributed by atoms with Gasteiger partial charge in [0.15, 0.2) is 5.09 Å². The van der Waals surface area contributed by atoms with Crippen LogP contribution in [0.2, 0.25) is 36.3 Å². The van der Waals surface area contributed by atoms with Gasteiger partial charge in [-0.3, -0.25) is 4.79 Å². The molecular weight excluding hydrogens is 537 g/mol. The number of nitrogens with two attached hydrogens (primary N) is 1. The fourth-order valence-corrected chi connectivity index (χ4v) is 7.18. The number of primary amides is 1. The zero-order valence-corrected chi connectivity index (χ0v) is 29.9. The van der Waals surface area contributed by atoms with Gasteiger partial charge in [-0.1, -0.05) is 97.2 Å². The molecular formula is C31H60N2O3SSi2. The van der Waals surface area contributed by atoms with Crippen molar-refractivity contribution in [3.05, 3.63) is 35.1 Å². The summed E-state index contributed by atoms with van der Waals surface area (Å²) in [6.45, 7) is 25.2. The van der Waals surface area contributed by atoms with Gasteiger partial charge in [0.25, 0.3) is 8.32 Å². The minimum atomic E-state index is -2.00. The fraction of sp³-hybridized carbons (Fsp3) is 0.774. The smallest absolute Gasteiger partial charge is 0.251 e. The summed E-state index contributed by atoms with van der Waals surface area (Å²) in [6, 6.07) is 0. The zero-order valence-electron chi connectivity index (χ0n) is 27.1. The normalized spacial score (nSPS) is 17.7. The summed E-state index contributed by atoms with van der Waals surface area (Å²) in [4.78, 5) is 10.8. The number of allylic oxidation sites excluding steroid dienone is 4. The largest absolute Gasteiger partial charge is 0.538 e. The van der Waals surface area contributed by atoms with E-state index in [2.05, 4.69) is 104 Å². The summed E-state index contributed by atoms with van der Waals surface area (Å²) in [5, 5.41) is 3.62. The maximum atomic E-state index is 10.8. The third-order valence-corrected chi connectivity index (χ3v) is 18.1. The Bertz CT molecular complexity index is 855. The Morgan fingerprint density at radius 3 is 1.92 bits per heavy atom. The van der Waals surface area contributed by atoms with Crippen molar-refractivity contribution < 1.29 is 13.7 Å².